The lowest BCUT2D eigenvalue weighted by molar-refractivity contribution is 0.575. The van der Waals surface area contributed by atoms with Gasteiger partial charge in [0.15, 0.2) is 0 Å². The van der Waals surface area contributed by atoms with Crippen LogP contribution in [0.4, 0.5) is 0 Å². The standard InChI is InChI=1S/C12H9N3O/c1-2-4-9(5-3-1)11-8-16-12(15-11)10-6-13-14-7-10/h1-8H,(H,13,14). The number of aromatic amines is 1. The van der Waals surface area contributed by atoms with Crippen LogP contribution < -0.4 is 0 Å². The highest BCUT2D eigenvalue weighted by atomic mass is 16.3. The molecular weight excluding hydrogens is 202 g/mol. The number of nitrogens with zero attached hydrogens (tertiary/aromatic N) is 2. The first-order chi connectivity index (χ1) is 7.93. The zero-order valence-electron chi connectivity index (χ0n) is 8.42. The molecule has 0 spiro atoms. The van der Waals surface area contributed by atoms with Gasteiger partial charge in [0.1, 0.15) is 12.0 Å². The fourth-order valence-corrected chi connectivity index (χ4v) is 1.52. The van der Waals surface area contributed by atoms with Crippen LogP contribution in [0.25, 0.3) is 22.7 Å². The SMILES string of the molecule is c1ccc(-c2coc(-c3cn[nH]c3)n2)cc1. The summed E-state index contributed by atoms with van der Waals surface area (Å²) < 4.78 is 5.39. The quantitative estimate of drug-likeness (QED) is 0.709. The van der Waals surface area contributed by atoms with E-state index in [1.807, 2.05) is 30.3 Å². The maximum absolute atomic E-state index is 5.39. The van der Waals surface area contributed by atoms with Gasteiger partial charge in [-0.15, -0.1) is 0 Å². The first-order valence-electron chi connectivity index (χ1n) is 4.93. The zero-order valence-corrected chi connectivity index (χ0v) is 8.42. The van der Waals surface area contributed by atoms with Crippen molar-refractivity contribution < 1.29 is 4.42 Å². The van der Waals surface area contributed by atoms with Crippen LogP contribution in [0.15, 0.2) is 53.4 Å². The van der Waals surface area contributed by atoms with Crippen molar-refractivity contribution in [1.29, 1.82) is 0 Å². The molecule has 78 valence electrons. The van der Waals surface area contributed by atoms with Crippen LogP contribution in [0, 0.1) is 0 Å². The van der Waals surface area contributed by atoms with E-state index < -0.39 is 0 Å². The molecule has 0 aliphatic heterocycles. The third-order valence-corrected chi connectivity index (χ3v) is 2.32. The van der Waals surface area contributed by atoms with Gasteiger partial charge in [-0.1, -0.05) is 30.3 Å². The molecule has 0 amide bonds. The molecule has 0 aliphatic rings. The Labute approximate surface area is 92.0 Å². The van der Waals surface area contributed by atoms with Crippen molar-refractivity contribution in [3.63, 3.8) is 0 Å². The molecule has 0 saturated heterocycles. The van der Waals surface area contributed by atoms with Crippen molar-refractivity contribution in [2.24, 2.45) is 0 Å². The summed E-state index contributed by atoms with van der Waals surface area (Å²) >= 11 is 0. The minimum absolute atomic E-state index is 0.576. The summed E-state index contributed by atoms with van der Waals surface area (Å²) in [5, 5.41) is 6.58. The second-order valence-electron chi connectivity index (χ2n) is 3.39. The lowest BCUT2D eigenvalue weighted by atomic mass is 10.2. The van der Waals surface area contributed by atoms with Crippen molar-refractivity contribution in [3.8, 4) is 22.7 Å². The minimum atomic E-state index is 0.576. The summed E-state index contributed by atoms with van der Waals surface area (Å²) in [6.07, 6.45) is 5.08. The normalized spacial score (nSPS) is 10.5. The van der Waals surface area contributed by atoms with E-state index in [-0.39, 0.29) is 0 Å². The largest absolute Gasteiger partial charge is 0.444 e. The Morgan fingerprint density at radius 2 is 1.94 bits per heavy atom. The monoisotopic (exact) mass is 211 g/mol. The van der Waals surface area contributed by atoms with Gasteiger partial charge in [-0.3, -0.25) is 5.10 Å². The maximum atomic E-state index is 5.39. The Morgan fingerprint density at radius 1 is 1.06 bits per heavy atom. The van der Waals surface area contributed by atoms with Crippen LogP contribution in [-0.4, -0.2) is 15.2 Å². The van der Waals surface area contributed by atoms with Crippen LogP contribution >= 0.6 is 0 Å². The maximum Gasteiger partial charge on any atom is 0.229 e. The molecular formula is C12H9N3O. The van der Waals surface area contributed by atoms with Crippen molar-refractivity contribution in [3.05, 3.63) is 49.0 Å². The van der Waals surface area contributed by atoms with Crippen molar-refractivity contribution >= 4 is 0 Å². The van der Waals surface area contributed by atoms with Crippen LogP contribution in [0.2, 0.25) is 0 Å². The van der Waals surface area contributed by atoms with Crippen LogP contribution in [0.3, 0.4) is 0 Å². The third kappa shape index (κ3) is 1.50. The van der Waals surface area contributed by atoms with Crippen LogP contribution in [-0.2, 0) is 0 Å². The summed E-state index contributed by atoms with van der Waals surface area (Å²) in [7, 11) is 0. The molecule has 4 nitrogen and oxygen atoms in total. The average Bonchev–Trinajstić information content (AvgIpc) is 3.01. The number of benzene rings is 1. The van der Waals surface area contributed by atoms with Gasteiger partial charge in [0.2, 0.25) is 5.89 Å². The first kappa shape index (κ1) is 8.91. The van der Waals surface area contributed by atoms with E-state index in [1.54, 1.807) is 18.7 Å². The molecule has 0 unspecified atom stereocenters. The predicted octanol–water partition coefficient (Wildman–Crippen LogP) is 2.73. The molecule has 2 heterocycles. The molecule has 3 aromatic rings. The number of hydrogen-bond acceptors (Lipinski definition) is 3. The Balaban J connectivity index is 2.00. The highest BCUT2D eigenvalue weighted by Crippen LogP contribution is 2.23. The number of H-pyrrole nitrogens is 1. The number of oxazole rings is 1. The van der Waals surface area contributed by atoms with E-state index in [4.69, 9.17) is 4.42 Å². The summed E-state index contributed by atoms with van der Waals surface area (Å²) in [6.45, 7) is 0. The second-order valence-corrected chi connectivity index (χ2v) is 3.39. The molecule has 0 radical (unpaired) electrons. The van der Waals surface area contributed by atoms with Gasteiger partial charge in [-0.2, -0.15) is 5.10 Å². The Kier molecular flexibility index (Phi) is 2.04. The van der Waals surface area contributed by atoms with E-state index in [0.29, 0.717) is 5.89 Å². The molecule has 0 aliphatic carbocycles. The number of nitrogens with one attached hydrogen (secondary N) is 1. The Morgan fingerprint density at radius 3 is 2.69 bits per heavy atom. The second kappa shape index (κ2) is 3.66. The smallest absolute Gasteiger partial charge is 0.229 e. The summed E-state index contributed by atoms with van der Waals surface area (Å²) in [6, 6.07) is 9.91. The van der Waals surface area contributed by atoms with Gasteiger partial charge in [-0.25, -0.2) is 4.98 Å². The van der Waals surface area contributed by atoms with Crippen LogP contribution in [0.1, 0.15) is 0 Å². The van der Waals surface area contributed by atoms with E-state index >= 15 is 0 Å². The molecule has 16 heavy (non-hydrogen) atoms. The predicted molar refractivity (Wildman–Crippen MR) is 59.5 cm³/mol. The van der Waals surface area contributed by atoms with E-state index in [9.17, 15) is 0 Å². The van der Waals surface area contributed by atoms with Gasteiger partial charge in [0, 0.05) is 11.8 Å². The number of hydrogen-bond donors (Lipinski definition) is 1. The molecule has 0 saturated carbocycles. The van der Waals surface area contributed by atoms with Crippen molar-refractivity contribution in [2.45, 2.75) is 0 Å². The van der Waals surface area contributed by atoms with Crippen molar-refractivity contribution in [1.82, 2.24) is 15.2 Å². The van der Waals surface area contributed by atoms with Gasteiger partial charge < -0.3 is 4.42 Å². The molecule has 0 bridgehead atoms. The fraction of sp³-hybridized carbons (Fsp3) is 0. The zero-order chi connectivity index (χ0) is 10.8. The molecule has 1 aromatic carbocycles. The molecule has 0 fully saturated rings. The third-order valence-electron chi connectivity index (χ3n) is 2.32. The van der Waals surface area contributed by atoms with Gasteiger partial charge in [0.05, 0.1) is 11.8 Å². The van der Waals surface area contributed by atoms with E-state index in [2.05, 4.69) is 15.2 Å². The highest BCUT2D eigenvalue weighted by molar-refractivity contribution is 5.61. The molecule has 2 aromatic heterocycles. The Bertz CT molecular complexity index is 569. The summed E-state index contributed by atoms with van der Waals surface area (Å²) in [5.41, 5.74) is 2.72. The summed E-state index contributed by atoms with van der Waals surface area (Å²) in [4.78, 5) is 4.40. The molecule has 3 rings (SSSR count). The average molecular weight is 211 g/mol. The van der Waals surface area contributed by atoms with E-state index in [0.717, 1.165) is 16.8 Å². The number of rotatable bonds is 2. The van der Waals surface area contributed by atoms with Crippen LogP contribution in [0.5, 0.6) is 0 Å². The Hall–Kier alpha value is -2.36. The van der Waals surface area contributed by atoms with Gasteiger partial charge >= 0.3 is 0 Å². The molecule has 1 N–H and O–H groups in total. The van der Waals surface area contributed by atoms with E-state index in [1.165, 1.54) is 0 Å². The first-order valence-corrected chi connectivity index (χ1v) is 4.93. The molecule has 0 atom stereocenters. The summed E-state index contributed by atoms with van der Waals surface area (Å²) in [5.74, 6) is 0.576. The topological polar surface area (TPSA) is 54.7 Å². The van der Waals surface area contributed by atoms with Gasteiger partial charge in [-0.05, 0) is 0 Å². The van der Waals surface area contributed by atoms with Crippen molar-refractivity contribution in [2.75, 3.05) is 0 Å². The molecule has 4 heteroatoms. The minimum Gasteiger partial charge on any atom is -0.444 e. The highest BCUT2D eigenvalue weighted by Gasteiger charge is 2.08. The fourth-order valence-electron chi connectivity index (χ4n) is 1.52. The lowest BCUT2D eigenvalue weighted by Gasteiger charge is -1.92. The number of aromatic nitrogens is 3. The van der Waals surface area contributed by atoms with Gasteiger partial charge in [0.25, 0.3) is 0 Å². The lowest BCUT2D eigenvalue weighted by Crippen LogP contribution is -1.77.